The smallest absolute Gasteiger partial charge is 0.279 e. The molecule has 0 bridgehead atoms. The number of benzene rings is 2. The highest BCUT2D eigenvalue weighted by Crippen LogP contribution is 2.30. The summed E-state index contributed by atoms with van der Waals surface area (Å²) in [5.74, 6) is 0. The normalized spacial score (nSPS) is 20.6. The minimum Gasteiger partial charge on any atom is -0.279 e. The van der Waals surface area contributed by atoms with Crippen LogP contribution < -0.4 is 4.72 Å². The van der Waals surface area contributed by atoms with Crippen molar-refractivity contribution in [3.05, 3.63) is 58.6 Å². The molecule has 1 fully saturated rings. The van der Waals surface area contributed by atoms with Gasteiger partial charge in [0, 0.05) is 23.8 Å². The van der Waals surface area contributed by atoms with Gasteiger partial charge in [-0.15, -0.1) is 0 Å². The van der Waals surface area contributed by atoms with Gasteiger partial charge >= 0.3 is 0 Å². The minimum atomic E-state index is -4.23. The molecule has 1 aliphatic heterocycles. The molecule has 0 radical (unpaired) electrons. The summed E-state index contributed by atoms with van der Waals surface area (Å²) in [6.07, 6.45) is 2.55. The lowest BCUT2D eigenvalue weighted by atomic mass is 10.0. The summed E-state index contributed by atoms with van der Waals surface area (Å²) in [6, 6.07) is 10.1. The summed E-state index contributed by atoms with van der Waals surface area (Å²) in [4.78, 5) is 9.95. The molecule has 1 saturated heterocycles. The Morgan fingerprint density at radius 1 is 0.967 bits per heavy atom. The molecular weight excluding hydrogens is 430 g/mol. The molecule has 1 N–H and O–H groups in total. The van der Waals surface area contributed by atoms with E-state index in [1.54, 1.807) is 0 Å². The van der Waals surface area contributed by atoms with E-state index in [0.717, 1.165) is 31.4 Å². The van der Waals surface area contributed by atoms with E-state index in [1.807, 2.05) is 13.8 Å². The van der Waals surface area contributed by atoms with Crippen molar-refractivity contribution in [3.8, 4) is 0 Å². The summed E-state index contributed by atoms with van der Waals surface area (Å²) in [5.41, 5.74) is -0.441. The Bertz CT molecular complexity index is 1140. The quantitative estimate of drug-likeness (QED) is 0.528. The molecule has 0 amide bonds. The number of anilines is 1. The Labute approximate surface area is 176 Å². The maximum Gasteiger partial charge on any atom is 0.289 e. The largest absolute Gasteiger partial charge is 0.289 e. The average molecular weight is 454 g/mol. The molecule has 2 aromatic rings. The van der Waals surface area contributed by atoms with Gasteiger partial charge in [0.25, 0.3) is 15.7 Å². The van der Waals surface area contributed by atoms with Crippen LogP contribution in [-0.4, -0.2) is 38.1 Å². The van der Waals surface area contributed by atoms with Crippen LogP contribution in [0, 0.1) is 10.1 Å². The van der Waals surface area contributed by atoms with E-state index in [4.69, 9.17) is 0 Å². The number of piperidine rings is 1. The lowest BCUT2D eigenvalue weighted by molar-refractivity contribution is -0.387. The molecule has 1 aliphatic rings. The van der Waals surface area contributed by atoms with E-state index in [0.29, 0.717) is 0 Å². The maximum absolute atomic E-state index is 13.1. The Morgan fingerprint density at radius 3 is 2.10 bits per heavy atom. The molecule has 2 atom stereocenters. The van der Waals surface area contributed by atoms with Gasteiger partial charge in [0.05, 0.1) is 9.82 Å². The lowest BCUT2D eigenvalue weighted by Gasteiger charge is -2.37. The fraction of sp³-hybridized carbons (Fsp3) is 0.368. The van der Waals surface area contributed by atoms with E-state index < -0.39 is 35.6 Å². The van der Waals surface area contributed by atoms with Crippen molar-refractivity contribution >= 4 is 31.4 Å². The van der Waals surface area contributed by atoms with Gasteiger partial charge in [0.2, 0.25) is 10.0 Å². The number of hydrogen-bond donors (Lipinski definition) is 1. The van der Waals surface area contributed by atoms with E-state index in [2.05, 4.69) is 4.72 Å². The third-order valence-corrected chi connectivity index (χ3v) is 8.72. The van der Waals surface area contributed by atoms with E-state index in [9.17, 15) is 26.9 Å². The SMILES string of the molecule is CC1CCCC(C)N1S(=O)(=O)c1ccc(NS(=O)(=O)c2ccccc2[N+](=O)[O-])cc1. The highest BCUT2D eigenvalue weighted by Gasteiger charge is 2.35. The van der Waals surface area contributed by atoms with Crippen LogP contribution >= 0.6 is 0 Å². The molecule has 0 saturated carbocycles. The standard InChI is InChI=1S/C19H23N3O6S2/c1-14-6-5-7-15(2)21(14)30(27,28)17-12-10-16(11-13-17)20-29(25,26)19-9-4-3-8-18(19)22(23)24/h3-4,8-15,20H,5-7H2,1-2H3. The molecule has 0 aliphatic carbocycles. The van der Waals surface area contributed by atoms with Crippen molar-refractivity contribution in [2.45, 2.75) is 55.0 Å². The Kier molecular flexibility index (Phi) is 6.16. The van der Waals surface area contributed by atoms with Crippen LogP contribution in [0.5, 0.6) is 0 Å². The number of nitro benzene ring substituents is 1. The second-order valence-electron chi connectivity index (χ2n) is 7.32. The van der Waals surface area contributed by atoms with Crippen LogP contribution in [0.1, 0.15) is 33.1 Å². The number of sulfonamides is 2. The van der Waals surface area contributed by atoms with E-state index in [-0.39, 0.29) is 22.7 Å². The third kappa shape index (κ3) is 4.32. The van der Waals surface area contributed by atoms with Crippen LogP contribution in [0.25, 0.3) is 0 Å². The highest BCUT2D eigenvalue weighted by atomic mass is 32.2. The van der Waals surface area contributed by atoms with Gasteiger partial charge in [-0.25, -0.2) is 16.8 Å². The molecule has 2 aromatic carbocycles. The molecule has 0 aromatic heterocycles. The predicted molar refractivity (Wildman–Crippen MR) is 112 cm³/mol. The first-order chi connectivity index (χ1) is 14.0. The summed E-state index contributed by atoms with van der Waals surface area (Å²) < 4.78 is 55.1. The molecule has 11 heteroatoms. The zero-order valence-electron chi connectivity index (χ0n) is 16.6. The molecule has 3 rings (SSSR count). The highest BCUT2D eigenvalue weighted by molar-refractivity contribution is 7.93. The fourth-order valence-corrected chi connectivity index (χ4v) is 6.85. The second kappa shape index (κ2) is 8.32. The molecule has 0 spiro atoms. The van der Waals surface area contributed by atoms with Crippen molar-refractivity contribution in [2.75, 3.05) is 4.72 Å². The molecule has 2 unspecified atom stereocenters. The first-order valence-corrected chi connectivity index (χ1v) is 12.4. The number of para-hydroxylation sites is 1. The first kappa shape index (κ1) is 22.2. The number of nitrogens with zero attached hydrogens (tertiary/aromatic N) is 2. The van der Waals surface area contributed by atoms with E-state index in [1.165, 1.54) is 40.7 Å². The maximum atomic E-state index is 13.1. The van der Waals surface area contributed by atoms with Gasteiger partial charge in [-0.05, 0) is 57.0 Å². The van der Waals surface area contributed by atoms with Crippen LogP contribution in [0.3, 0.4) is 0 Å². The van der Waals surface area contributed by atoms with Gasteiger partial charge in [0.15, 0.2) is 4.90 Å². The third-order valence-electron chi connectivity index (χ3n) is 5.15. The molecule has 1 heterocycles. The minimum absolute atomic E-state index is 0.0664. The van der Waals surface area contributed by atoms with Crippen molar-refractivity contribution in [1.82, 2.24) is 4.31 Å². The van der Waals surface area contributed by atoms with Gasteiger partial charge in [-0.3, -0.25) is 14.8 Å². The van der Waals surface area contributed by atoms with Crippen molar-refractivity contribution in [2.24, 2.45) is 0 Å². The molecule has 162 valence electrons. The van der Waals surface area contributed by atoms with E-state index >= 15 is 0 Å². The monoisotopic (exact) mass is 453 g/mol. The zero-order chi connectivity index (χ0) is 22.1. The summed E-state index contributed by atoms with van der Waals surface area (Å²) in [6.45, 7) is 3.75. The van der Waals surface area contributed by atoms with Gasteiger partial charge in [-0.1, -0.05) is 18.6 Å². The molecular formula is C19H23N3O6S2. The van der Waals surface area contributed by atoms with Crippen molar-refractivity contribution < 1.29 is 21.8 Å². The first-order valence-electron chi connectivity index (χ1n) is 9.44. The van der Waals surface area contributed by atoms with Gasteiger partial charge < -0.3 is 0 Å². The topological polar surface area (TPSA) is 127 Å². The summed E-state index contributed by atoms with van der Waals surface area (Å²) in [7, 11) is -7.95. The number of rotatable bonds is 6. The van der Waals surface area contributed by atoms with Crippen LogP contribution in [0.15, 0.2) is 58.3 Å². The van der Waals surface area contributed by atoms with Crippen molar-refractivity contribution in [3.63, 3.8) is 0 Å². The number of hydrogen-bond acceptors (Lipinski definition) is 6. The van der Waals surface area contributed by atoms with Crippen LogP contribution in [0.4, 0.5) is 11.4 Å². The Balaban J connectivity index is 1.87. The average Bonchev–Trinajstić information content (AvgIpc) is 2.68. The summed E-state index contributed by atoms with van der Waals surface area (Å²) in [5, 5.41) is 11.1. The number of nitro groups is 1. The van der Waals surface area contributed by atoms with Gasteiger partial charge in [0.1, 0.15) is 0 Å². The predicted octanol–water partition coefficient (Wildman–Crippen LogP) is 3.35. The van der Waals surface area contributed by atoms with Gasteiger partial charge in [-0.2, -0.15) is 4.31 Å². The Morgan fingerprint density at radius 2 is 1.53 bits per heavy atom. The number of nitrogens with one attached hydrogen (secondary N) is 1. The Hall–Kier alpha value is -2.50. The molecule has 9 nitrogen and oxygen atoms in total. The fourth-order valence-electron chi connectivity index (χ4n) is 3.73. The summed E-state index contributed by atoms with van der Waals surface area (Å²) >= 11 is 0. The van der Waals surface area contributed by atoms with Crippen LogP contribution in [-0.2, 0) is 20.0 Å². The van der Waals surface area contributed by atoms with Crippen LogP contribution in [0.2, 0.25) is 0 Å². The zero-order valence-corrected chi connectivity index (χ0v) is 18.2. The molecule has 30 heavy (non-hydrogen) atoms. The lowest BCUT2D eigenvalue weighted by Crippen LogP contribution is -2.47. The second-order valence-corrected chi connectivity index (χ2v) is 10.8. The van der Waals surface area contributed by atoms with Crippen molar-refractivity contribution in [1.29, 1.82) is 0 Å².